The third-order valence-electron chi connectivity index (χ3n) is 7.34. The molecule has 19 heteroatoms. The SMILES string of the molecule is CC(=O)NC1CC(O)C(O)C(CO)OC1OCCOCCOCCNCCOCCOCCOC1OC(CO)C(O)C(O)C1NC(C)=O. The average molecular weight is 702 g/mol. The van der Waals surface area contributed by atoms with E-state index in [0.29, 0.717) is 52.7 Å². The summed E-state index contributed by atoms with van der Waals surface area (Å²) >= 11 is 0. The van der Waals surface area contributed by atoms with Crippen molar-refractivity contribution < 1.29 is 78.1 Å². The van der Waals surface area contributed by atoms with E-state index in [1.54, 1.807) is 0 Å². The molecular formula is C29H55N3O16. The van der Waals surface area contributed by atoms with Gasteiger partial charge in [-0.25, -0.2) is 0 Å². The molecule has 2 fully saturated rings. The van der Waals surface area contributed by atoms with Crippen LogP contribution in [-0.4, -0.2) is 196 Å². The Bertz CT molecular complexity index is 878. The topological polar surface area (TPSA) is 265 Å². The highest BCUT2D eigenvalue weighted by atomic mass is 16.7. The van der Waals surface area contributed by atoms with Crippen LogP contribution in [0.25, 0.3) is 0 Å². The maximum absolute atomic E-state index is 11.5. The van der Waals surface area contributed by atoms with Crippen LogP contribution in [0.15, 0.2) is 0 Å². The number of nitrogens with one attached hydrogen (secondary N) is 3. The molecule has 2 saturated heterocycles. The summed E-state index contributed by atoms with van der Waals surface area (Å²) in [6.07, 6.45) is -9.42. The van der Waals surface area contributed by atoms with Crippen LogP contribution in [0.4, 0.5) is 0 Å². The van der Waals surface area contributed by atoms with Crippen molar-refractivity contribution in [2.45, 2.75) is 81.6 Å². The molecule has 2 rings (SSSR count). The van der Waals surface area contributed by atoms with Crippen LogP contribution in [0.3, 0.4) is 0 Å². The second-order valence-corrected chi connectivity index (χ2v) is 11.2. The van der Waals surface area contributed by atoms with E-state index in [1.807, 2.05) is 0 Å². The van der Waals surface area contributed by atoms with Gasteiger partial charge in [0.2, 0.25) is 11.8 Å². The van der Waals surface area contributed by atoms with E-state index in [4.69, 9.17) is 37.9 Å². The van der Waals surface area contributed by atoms with Gasteiger partial charge in [-0.2, -0.15) is 0 Å². The first-order chi connectivity index (χ1) is 23.1. The monoisotopic (exact) mass is 701 g/mol. The van der Waals surface area contributed by atoms with Crippen molar-refractivity contribution in [2.24, 2.45) is 0 Å². The van der Waals surface area contributed by atoms with Crippen molar-refractivity contribution in [3.05, 3.63) is 0 Å². The highest BCUT2D eigenvalue weighted by Crippen LogP contribution is 2.23. The fraction of sp³-hybridized carbons (Fsp3) is 0.931. The Morgan fingerprint density at radius 2 is 1.08 bits per heavy atom. The molecule has 0 aromatic heterocycles. The second kappa shape index (κ2) is 24.5. The summed E-state index contributed by atoms with van der Waals surface area (Å²) in [6.45, 7) is 5.66. The van der Waals surface area contributed by atoms with Gasteiger partial charge in [0.15, 0.2) is 12.6 Å². The highest BCUT2D eigenvalue weighted by Gasteiger charge is 2.45. The lowest BCUT2D eigenvalue weighted by molar-refractivity contribution is -0.272. The predicted octanol–water partition coefficient (Wildman–Crippen LogP) is -5.05. The molecule has 2 aliphatic rings. The number of carbonyl (C=O) groups is 2. The van der Waals surface area contributed by atoms with Crippen LogP contribution < -0.4 is 16.0 Å². The summed E-state index contributed by atoms with van der Waals surface area (Å²) in [4.78, 5) is 23.0. The smallest absolute Gasteiger partial charge is 0.217 e. The van der Waals surface area contributed by atoms with Crippen LogP contribution in [0.1, 0.15) is 20.3 Å². The van der Waals surface area contributed by atoms with Crippen LogP contribution >= 0.6 is 0 Å². The fourth-order valence-corrected chi connectivity index (χ4v) is 4.92. The van der Waals surface area contributed by atoms with E-state index < -0.39 is 80.4 Å². The van der Waals surface area contributed by atoms with E-state index in [-0.39, 0.29) is 38.8 Å². The number of hydrogen-bond donors (Lipinski definition) is 9. The summed E-state index contributed by atoms with van der Waals surface area (Å²) < 4.78 is 44.3. The Balaban J connectivity index is 1.42. The second-order valence-electron chi connectivity index (χ2n) is 11.2. The molecule has 10 atom stereocenters. The van der Waals surface area contributed by atoms with Crippen molar-refractivity contribution in [1.82, 2.24) is 16.0 Å². The van der Waals surface area contributed by atoms with Crippen molar-refractivity contribution >= 4 is 11.8 Å². The van der Waals surface area contributed by atoms with Gasteiger partial charge in [-0.1, -0.05) is 0 Å². The van der Waals surface area contributed by atoms with Crippen LogP contribution in [0, 0.1) is 0 Å². The summed E-state index contributed by atoms with van der Waals surface area (Å²) in [6, 6.07) is -1.72. The van der Waals surface area contributed by atoms with E-state index in [0.717, 1.165) is 0 Å². The Morgan fingerprint density at radius 3 is 1.60 bits per heavy atom. The lowest BCUT2D eigenvalue weighted by atomic mass is 9.97. The number of amides is 2. The van der Waals surface area contributed by atoms with E-state index in [2.05, 4.69) is 16.0 Å². The van der Waals surface area contributed by atoms with Gasteiger partial charge in [-0.05, 0) is 0 Å². The Kier molecular flexibility index (Phi) is 21.7. The average Bonchev–Trinajstić information content (AvgIpc) is 3.15. The molecule has 282 valence electrons. The number of carbonyl (C=O) groups excluding carboxylic acids is 2. The largest absolute Gasteiger partial charge is 0.394 e. The summed E-state index contributed by atoms with van der Waals surface area (Å²) in [7, 11) is 0. The lowest BCUT2D eigenvalue weighted by Crippen LogP contribution is -2.64. The number of ether oxygens (including phenoxy) is 8. The zero-order chi connectivity index (χ0) is 35.3. The first-order valence-electron chi connectivity index (χ1n) is 16.1. The zero-order valence-corrected chi connectivity index (χ0v) is 27.6. The minimum absolute atomic E-state index is 0.00238. The van der Waals surface area contributed by atoms with Crippen LogP contribution in [-0.2, 0) is 47.5 Å². The van der Waals surface area contributed by atoms with Crippen LogP contribution in [0.2, 0.25) is 0 Å². The van der Waals surface area contributed by atoms with Gasteiger partial charge in [0.1, 0.15) is 36.6 Å². The maximum atomic E-state index is 11.5. The number of rotatable bonds is 24. The Hall–Kier alpha value is -1.66. The molecule has 2 amide bonds. The molecule has 0 spiro atoms. The molecular weight excluding hydrogens is 646 g/mol. The van der Waals surface area contributed by atoms with Gasteiger partial charge in [0.25, 0.3) is 0 Å². The van der Waals surface area contributed by atoms with Crippen molar-refractivity contribution in [1.29, 1.82) is 0 Å². The summed E-state index contributed by atoms with van der Waals surface area (Å²) in [5, 5.41) is 67.7. The maximum Gasteiger partial charge on any atom is 0.217 e. The molecule has 2 aliphatic heterocycles. The third-order valence-corrected chi connectivity index (χ3v) is 7.34. The standard InChI is InChI=1S/C29H55N3O16/c1-18(35)31-20-15-21(37)25(38)22(16-33)47-28(20)45-13-11-43-9-7-41-5-3-30-4-6-42-8-10-44-12-14-46-29-24(32-19(2)36)27(40)26(39)23(17-34)48-29/h20-30,33-34,37-40H,3-17H2,1-2H3,(H,31,35)(H,32,36). The minimum atomic E-state index is -1.38. The fourth-order valence-electron chi connectivity index (χ4n) is 4.92. The Labute approximate surface area is 280 Å². The molecule has 2 heterocycles. The number of hydrogen-bond acceptors (Lipinski definition) is 17. The minimum Gasteiger partial charge on any atom is -0.394 e. The van der Waals surface area contributed by atoms with Gasteiger partial charge >= 0.3 is 0 Å². The number of aliphatic hydroxyl groups excluding tert-OH is 6. The quantitative estimate of drug-likeness (QED) is 0.0426. The molecule has 0 saturated carbocycles. The lowest BCUT2D eigenvalue weighted by Gasteiger charge is -2.42. The van der Waals surface area contributed by atoms with Gasteiger partial charge < -0.3 is 84.5 Å². The molecule has 10 unspecified atom stereocenters. The van der Waals surface area contributed by atoms with E-state index >= 15 is 0 Å². The molecule has 19 nitrogen and oxygen atoms in total. The predicted molar refractivity (Wildman–Crippen MR) is 163 cm³/mol. The first kappa shape index (κ1) is 42.5. The zero-order valence-electron chi connectivity index (χ0n) is 27.6. The van der Waals surface area contributed by atoms with E-state index in [1.165, 1.54) is 13.8 Å². The first-order valence-corrected chi connectivity index (χ1v) is 16.1. The molecule has 0 aliphatic carbocycles. The Morgan fingerprint density at radius 1 is 0.625 bits per heavy atom. The van der Waals surface area contributed by atoms with Crippen molar-refractivity contribution in [2.75, 3.05) is 92.4 Å². The molecule has 48 heavy (non-hydrogen) atoms. The van der Waals surface area contributed by atoms with Gasteiger partial charge in [0.05, 0.1) is 91.4 Å². The van der Waals surface area contributed by atoms with E-state index in [9.17, 15) is 40.2 Å². The summed E-state index contributed by atoms with van der Waals surface area (Å²) in [5.41, 5.74) is 0. The van der Waals surface area contributed by atoms with Crippen LogP contribution in [0.5, 0.6) is 0 Å². The third kappa shape index (κ3) is 15.9. The molecule has 0 radical (unpaired) electrons. The molecule has 9 N–H and O–H groups in total. The van der Waals surface area contributed by atoms with Crippen molar-refractivity contribution in [3.63, 3.8) is 0 Å². The van der Waals surface area contributed by atoms with Gasteiger partial charge in [-0.15, -0.1) is 0 Å². The van der Waals surface area contributed by atoms with Gasteiger partial charge in [0, 0.05) is 33.4 Å². The molecule has 0 aromatic rings. The molecule has 0 aromatic carbocycles. The molecule has 0 bridgehead atoms. The van der Waals surface area contributed by atoms with Gasteiger partial charge in [-0.3, -0.25) is 9.59 Å². The summed E-state index contributed by atoms with van der Waals surface area (Å²) in [5.74, 6) is -0.781. The highest BCUT2D eigenvalue weighted by molar-refractivity contribution is 5.73. The normalized spacial score (nSPS) is 30.9. The number of aliphatic hydroxyl groups is 6. The van der Waals surface area contributed by atoms with Crippen molar-refractivity contribution in [3.8, 4) is 0 Å².